The van der Waals surface area contributed by atoms with Gasteiger partial charge >= 0.3 is 5.97 Å². The molecule has 0 aromatic carbocycles. The maximum absolute atomic E-state index is 12.2. The number of rotatable bonds is 6. The van der Waals surface area contributed by atoms with Gasteiger partial charge in [0.05, 0.1) is 11.4 Å². The first-order valence-electron chi connectivity index (χ1n) is 7.92. The van der Waals surface area contributed by atoms with E-state index in [-0.39, 0.29) is 29.3 Å². The standard InChI is InChI=1S/C15H23N3O5S/c1-9(2)17-11(19)6-16-12(20)7-23-14(22)10-8-24-15(3)5-4-13(21)18(10)15/h9-10H,4-8H2,1-3H3,(H,16,20)(H,17,19)/t10-,15-/m0/s1. The van der Waals surface area contributed by atoms with Crippen LogP contribution in [0.2, 0.25) is 0 Å². The van der Waals surface area contributed by atoms with Crippen molar-refractivity contribution in [1.82, 2.24) is 15.5 Å². The van der Waals surface area contributed by atoms with E-state index in [9.17, 15) is 19.2 Å². The first kappa shape index (κ1) is 18.6. The van der Waals surface area contributed by atoms with Crippen molar-refractivity contribution in [3.8, 4) is 0 Å². The number of hydrogen-bond acceptors (Lipinski definition) is 6. The predicted molar refractivity (Wildman–Crippen MR) is 88.0 cm³/mol. The number of nitrogens with zero attached hydrogens (tertiary/aromatic N) is 1. The molecule has 0 unspecified atom stereocenters. The van der Waals surface area contributed by atoms with Crippen LogP contribution in [-0.2, 0) is 23.9 Å². The Morgan fingerprint density at radius 2 is 2.08 bits per heavy atom. The lowest BCUT2D eigenvalue weighted by molar-refractivity contribution is -0.156. The Morgan fingerprint density at radius 1 is 1.38 bits per heavy atom. The van der Waals surface area contributed by atoms with Crippen molar-refractivity contribution >= 4 is 35.5 Å². The van der Waals surface area contributed by atoms with Crippen molar-refractivity contribution < 1.29 is 23.9 Å². The average Bonchev–Trinajstić information content (AvgIpc) is 2.99. The molecule has 2 aliphatic heterocycles. The topological polar surface area (TPSA) is 105 Å². The Bertz CT molecular complexity index is 553. The van der Waals surface area contributed by atoms with Crippen LogP contribution in [0.4, 0.5) is 0 Å². The highest BCUT2D eigenvalue weighted by molar-refractivity contribution is 8.01. The smallest absolute Gasteiger partial charge is 0.330 e. The fourth-order valence-corrected chi connectivity index (χ4v) is 4.25. The van der Waals surface area contributed by atoms with E-state index in [1.807, 2.05) is 20.8 Å². The molecule has 24 heavy (non-hydrogen) atoms. The van der Waals surface area contributed by atoms with E-state index in [4.69, 9.17) is 4.74 Å². The molecule has 2 rings (SSSR count). The number of fused-ring (bicyclic) bond motifs is 1. The molecule has 2 aliphatic rings. The summed E-state index contributed by atoms with van der Waals surface area (Å²) in [6, 6.07) is -0.661. The summed E-state index contributed by atoms with van der Waals surface area (Å²) in [5.74, 6) is -1.03. The number of ether oxygens (including phenoxy) is 1. The molecule has 2 N–H and O–H groups in total. The van der Waals surface area contributed by atoms with Crippen molar-refractivity contribution in [1.29, 1.82) is 0 Å². The number of hydrogen-bond donors (Lipinski definition) is 2. The minimum Gasteiger partial charge on any atom is -0.454 e. The van der Waals surface area contributed by atoms with Crippen molar-refractivity contribution in [3.05, 3.63) is 0 Å². The zero-order valence-corrected chi connectivity index (χ0v) is 14.9. The maximum Gasteiger partial charge on any atom is 0.330 e. The fraction of sp³-hybridized carbons (Fsp3) is 0.733. The number of carbonyl (C=O) groups is 4. The molecule has 2 fully saturated rings. The van der Waals surface area contributed by atoms with Gasteiger partial charge in [-0.05, 0) is 27.2 Å². The summed E-state index contributed by atoms with van der Waals surface area (Å²) < 4.78 is 5.01. The van der Waals surface area contributed by atoms with E-state index in [0.717, 1.165) is 0 Å². The Kier molecular flexibility index (Phi) is 5.74. The fourth-order valence-electron chi connectivity index (χ4n) is 2.83. The third-order valence-electron chi connectivity index (χ3n) is 3.96. The molecular formula is C15H23N3O5S. The van der Waals surface area contributed by atoms with Gasteiger partial charge in [0.15, 0.2) is 6.61 Å². The summed E-state index contributed by atoms with van der Waals surface area (Å²) in [6.45, 7) is 4.93. The second-order valence-corrected chi connectivity index (χ2v) is 7.87. The average molecular weight is 357 g/mol. The van der Waals surface area contributed by atoms with Gasteiger partial charge in [-0.2, -0.15) is 0 Å². The summed E-state index contributed by atoms with van der Waals surface area (Å²) in [5.41, 5.74) is 0. The largest absolute Gasteiger partial charge is 0.454 e. The Hall–Kier alpha value is -1.77. The monoisotopic (exact) mass is 357 g/mol. The van der Waals surface area contributed by atoms with E-state index in [0.29, 0.717) is 18.6 Å². The van der Waals surface area contributed by atoms with Crippen molar-refractivity contribution in [2.24, 2.45) is 0 Å². The molecule has 2 atom stereocenters. The molecule has 2 heterocycles. The lowest BCUT2D eigenvalue weighted by Gasteiger charge is -2.29. The number of esters is 1. The molecule has 8 nitrogen and oxygen atoms in total. The van der Waals surface area contributed by atoms with E-state index in [2.05, 4.69) is 10.6 Å². The second-order valence-electron chi connectivity index (χ2n) is 6.37. The molecule has 2 saturated heterocycles. The van der Waals surface area contributed by atoms with Crippen LogP contribution in [0, 0.1) is 0 Å². The highest BCUT2D eigenvalue weighted by atomic mass is 32.2. The molecule has 9 heteroatoms. The van der Waals surface area contributed by atoms with Crippen molar-refractivity contribution in [3.63, 3.8) is 0 Å². The van der Waals surface area contributed by atoms with Gasteiger partial charge in [0.25, 0.3) is 5.91 Å². The predicted octanol–water partition coefficient (Wildman–Crippen LogP) is -0.376. The van der Waals surface area contributed by atoms with Gasteiger partial charge in [-0.3, -0.25) is 14.4 Å². The second kappa shape index (κ2) is 7.42. The van der Waals surface area contributed by atoms with E-state index >= 15 is 0 Å². The molecule has 134 valence electrons. The molecule has 0 radical (unpaired) electrons. The summed E-state index contributed by atoms with van der Waals surface area (Å²) in [6.07, 6.45) is 1.14. The minimum absolute atomic E-state index is 0.0144. The van der Waals surface area contributed by atoms with Gasteiger partial charge in [0, 0.05) is 18.2 Å². The van der Waals surface area contributed by atoms with Gasteiger partial charge in [-0.1, -0.05) is 0 Å². The third kappa shape index (κ3) is 4.19. The number of nitrogens with one attached hydrogen (secondary N) is 2. The van der Waals surface area contributed by atoms with Gasteiger partial charge in [-0.25, -0.2) is 4.79 Å². The molecule has 3 amide bonds. The normalized spacial score (nSPS) is 25.6. The lowest BCUT2D eigenvalue weighted by atomic mass is 10.2. The van der Waals surface area contributed by atoms with E-state index in [1.54, 1.807) is 16.7 Å². The van der Waals surface area contributed by atoms with Crippen molar-refractivity contribution in [2.45, 2.75) is 50.6 Å². The lowest BCUT2D eigenvalue weighted by Crippen LogP contribution is -2.47. The van der Waals surface area contributed by atoms with Gasteiger partial charge in [-0.15, -0.1) is 11.8 Å². The third-order valence-corrected chi connectivity index (χ3v) is 5.46. The quantitative estimate of drug-likeness (QED) is 0.628. The van der Waals surface area contributed by atoms with Gasteiger partial charge in [0.2, 0.25) is 11.8 Å². The highest BCUT2D eigenvalue weighted by Crippen LogP contribution is 2.47. The van der Waals surface area contributed by atoms with Crippen molar-refractivity contribution in [2.75, 3.05) is 18.9 Å². The van der Waals surface area contributed by atoms with Crippen LogP contribution in [0.15, 0.2) is 0 Å². The number of thioether (sulfide) groups is 1. The first-order valence-corrected chi connectivity index (χ1v) is 8.90. The van der Waals surface area contributed by atoms with Crippen LogP contribution in [-0.4, -0.2) is 64.4 Å². The summed E-state index contributed by atoms with van der Waals surface area (Å²) >= 11 is 1.56. The first-order chi connectivity index (χ1) is 11.2. The highest BCUT2D eigenvalue weighted by Gasteiger charge is 2.53. The SMILES string of the molecule is CC(C)NC(=O)CNC(=O)COC(=O)[C@@H]1CS[C@@]2(C)CCC(=O)N12. The number of carbonyl (C=O) groups excluding carboxylic acids is 4. The zero-order chi connectivity index (χ0) is 17.9. The minimum atomic E-state index is -0.646. The van der Waals surface area contributed by atoms with E-state index < -0.39 is 24.5 Å². The Labute approximate surface area is 145 Å². The molecule has 0 aliphatic carbocycles. The summed E-state index contributed by atoms with van der Waals surface area (Å²) in [7, 11) is 0. The molecule has 0 aromatic rings. The number of amides is 3. The molecule has 0 saturated carbocycles. The van der Waals surface area contributed by atoms with Crippen LogP contribution in [0.1, 0.15) is 33.6 Å². The summed E-state index contributed by atoms with van der Waals surface area (Å²) in [5, 5.41) is 5.02. The summed E-state index contributed by atoms with van der Waals surface area (Å²) in [4.78, 5) is 48.4. The van der Waals surface area contributed by atoms with Crippen LogP contribution in [0.25, 0.3) is 0 Å². The van der Waals surface area contributed by atoms with Gasteiger partial charge < -0.3 is 20.3 Å². The Morgan fingerprint density at radius 3 is 2.75 bits per heavy atom. The molecule has 0 spiro atoms. The van der Waals surface area contributed by atoms with Crippen LogP contribution >= 0.6 is 11.8 Å². The Balaban J connectivity index is 1.76. The molecule has 0 aromatic heterocycles. The van der Waals surface area contributed by atoms with Gasteiger partial charge in [0.1, 0.15) is 6.04 Å². The van der Waals surface area contributed by atoms with Crippen LogP contribution in [0.5, 0.6) is 0 Å². The zero-order valence-electron chi connectivity index (χ0n) is 14.1. The maximum atomic E-state index is 12.2. The van der Waals surface area contributed by atoms with Crippen LogP contribution in [0.3, 0.4) is 0 Å². The van der Waals surface area contributed by atoms with E-state index in [1.165, 1.54) is 0 Å². The molecule has 0 bridgehead atoms. The van der Waals surface area contributed by atoms with Crippen LogP contribution < -0.4 is 10.6 Å². The molecular weight excluding hydrogens is 334 g/mol.